The Morgan fingerprint density at radius 3 is 2.19 bits per heavy atom. The quantitative estimate of drug-likeness (QED) is 0.280. The van der Waals surface area contributed by atoms with Gasteiger partial charge in [0, 0.05) is 11.8 Å². The molecule has 0 amide bonds. The Hall–Kier alpha value is -2.07. The zero-order chi connectivity index (χ0) is 21.7. The maximum absolute atomic E-state index is 4.54. The van der Waals surface area contributed by atoms with Crippen LogP contribution in [0.5, 0.6) is 0 Å². The second-order valence-corrected chi connectivity index (χ2v) is 9.45. The van der Waals surface area contributed by atoms with Crippen LogP contribution in [-0.4, -0.2) is 4.98 Å². The molecule has 2 aromatic rings. The summed E-state index contributed by atoms with van der Waals surface area (Å²) in [6.07, 6.45) is 19.5. The van der Waals surface area contributed by atoms with E-state index in [2.05, 4.69) is 67.1 Å². The summed E-state index contributed by atoms with van der Waals surface area (Å²) in [5.74, 6) is 8.25. The lowest BCUT2D eigenvalue weighted by Crippen LogP contribution is -2.13. The number of pyridine rings is 1. The molecule has 0 spiro atoms. The van der Waals surface area contributed by atoms with Crippen LogP contribution >= 0.6 is 0 Å². The third-order valence-electron chi connectivity index (χ3n) is 6.92. The Morgan fingerprint density at radius 1 is 0.774 bits per heavy atom. The highest BCUT2D eigenvalue weighted by Crippen LogP contribution is 2.37. The molecule has 0 radical (unpaired) electrons. The second-order valence-electron chi connectivity index (χ2n) is 9.45. The van der Waals surface area contributed by atoms with E-state index in [4.69, 9.17) is 0 Å². The van der Waals surface area contributed by atoms with Crippen molar-refractivity contribution in [1.29, 1.82) is 0 Å². The van der Waals surface area contributed by atoms with Gasteiger partial charge in [-0.2, -0.15) is 0 Å². The van der Waals surface area contributed by atoms with Gasteiger partial charge in [-0.05, 0) is 85.6 Å². The van der Waals surface area contributed by atoms with Crippen LogP contribution in [0.15, 0.2) is 42.6 Å². The van der Waals surface area contributed by atoms with Gasteiger partial charge in [0.1, 0.15) is 5.69 Å². The molecule has 1 fully saturated rings. The van der Waals surface area contributed by atoms with E-state index in [0.29, 0.717) is 0 Å². The molecule has 1 nitrogen and oxygen atoms in total. The molecular formula is C30H41N. The molecule has 31 heavy (non-hydrogen) atoms. The highest BCUT2D eigenvalue weighted by atomic mass is 14.7. The molecule has 1 saturated carbocycles. The summed E-state index contributed by atoms with van der Waals surface area (Å²) in [6, 6.07) is 13.2. The predicted octanol–water partition coefficient (Wildman–Crippen LogP) is 8.46. The van der Waals surface area contributed by atoms with Gasteiger partial charge in [0.15, 0.2) is 0 Å². The van der Waals surface area contributed by atoms with Crippen LogP contribution in [0.4, 0.5) is 0 Å². The lowest BCUT2D eigenvalue weighted by molar-refractivity contribution is 0.303. The van der Waals surface area contributed by atoms with Gasteiger partial charge in [-0.3, -0.25) is 0 Å². The van der Waals surface area contributed by atoms with Crippen LogP contribution in [0.25, 0.3) is 0 Å². The molecule has 0 N–H and O–H groups in total. The number of benzene rings is 1. The Balaban J connectivity index is 1.46. The SMILES string of the molecule is CCCCCCc1ccc(C#Cc2ccc(C3CCC(CCCCC)CC3)cc2)nc1. The third kappa shape index (κ3) is 8.17. The molecule has 0 atom stereocenters. The van der Waals surface area contributed by atoms with Crippen LogP contribution in [-0.2, 0) is 6.42 Å². The molecule has 166 valence electrons. The molecule has 1 aliphatic rings. The number of unbranched alkanes of at least 4 members (excludes halogenated alkanes) is 5. The van der Waals surface area contributed by atoms with Gasteiger partial charge in [0.05, 0.1) is 0 Å². The molecule has 0 unspecified atom stereocenters. The van der Waals surface area contributed by atoms with Gasteiger partial charge >= 0.3 is 0 Å². The van der Waals surface area contributed by atoms with Gasteiger partial charge in [-0.1, -0.05) is 82.9 Å². The van der Waals surface area contributed by atoms with Crippen molar-refractivity contribution in [2.45, 2.75) is 103 Å². The summed E-state index contributed by atoms with van der Waals surface area (Å²) in [4.78, 5) is 4.54. The van der Waals surface area contributed by atoms with Crippen molar-refractivity contribution in [1.82, 2.24) is 4.98 Å². The summed E-state index contributed by atoms with van der Waals surface area (Å²) in [6.45, 7) is 4.55. The minimum Gasteiger partial charge on any atom is -0.248 e. The van der Waals surface area contributed by atoms with Crippen molar-refractivity contribution >= 4 is 0 Å². The van der Waals surface area contributed by atoms with Crippen molar-refractivity contribution in [3.8, 4) is 11.8 Å². The summed E-state index contributed by atoms with van der Waals surface area (Å²) < 4.78 is 0. The van der Waals surface area contributed by atoms with E-state index in [1.807, 2.05) is 6.20 Å². The molecule has 1 aliphatic carbocycles. The smallest absolute Gasteiger partial charge is 0.113 e. The highest BCUT2D eigenvalue weighted by Gasteiger charge is 2.21. The van der Waals surface area contributed by atoms with Crippen molar-refractivity contribution in [3.63, 3.8) is 0 Å². The fraction of sp³-hybridized carbons (Fsp3) is 0.567. The maximum Gasteiger partial charge on any atom is 0.113 e. The number of aryl methyl sites for hydroxylation is 1. The van der Waals surface area contributed by atoms with Gasteiger partial charge in [-0.25, -0.2) is 4.98 Å². The molecule has 1 heteroatoms. The Morgan fingerprint density at radius 2 is 1.52 bits per heavy atom. The minimum atomic E-state index is 0.746. The lowest BCUT2D eigenvalue weighted by Gasteiger charge is -2.29. The van der Waals surface area contributed by atoms with E-state index in [1.54, 1.807) is 0 Å². The first-order chi connectivity index (χ1) is 15.3. The predicted molar refractivity (Wildman–Crippen MR) is 133 cm³/mol. The molecule has 1 heterocycles. The van der Waals surface area contributed by atoms with Crippen LogP contribution in [0.1, 0.15) is 119 Å². The summed E-state index contributed by atoms with van der Waals surface area (Å²) >= 11 is 0. The van der Waals surface area contributed by atoms with Crippen LogP contribution < -0.4 is 0 Å². The molecule has 0 aliphatic heterocycles. The van der Waals surface area contributed by atoms with Crippen LogP contribution in [0.2, 0.25) is 0 Å². The average molecular weight is 416 g/mol. The van der Waals surface area contributed by atoms with E-state index < -0.39 is 0 Å². The first-order valence-corrected chi connectivity index (χ1v) is 12.9. The number of hydrogen-bond donors (Lipinski definition) is 0. The normalized spacial score (nSPS) is 18.4. The number of rotatable bonds is 10. The third-order valence-corrected chi connectivity index (χ3v) is 6.92. The lowest BCUT2D eigenvalue weighted by atomic mass is 9.77. The van der Waals surface area contributed by atoms with E-state index >= 15 is 0 Å². The molecule has 3 rings (SSSR count). The number of aromatic nitrogens is 1. The molecule has 1 aromatic carbocycles. The summed E-state index contributed by atoms with van der Waals surface area (Å²) in [5.41, 5.74) is 4.78. The Bertz CT molecular complexity index is 798. The molecule has 0 bridgehead atoms. The standard InChI is InChI=1S/C30H41N/c1-3-5-7-9-11-27-17-23-30(31-24-27)22-16-26-14-20-29(21-15-26)28-18-12-25(13-19-28)10-8-6-4-2/h14-15,17,20-21,23-25,28H,3-13,18-19H2,1-2H3. The van der Waals surface area contributed by atoms with Gasteiger partial charge in [-0.15, -0.1) is 0 Å². The van der Waals surface area contributed by atoms with Crippen molar-refractivity contribution in [2.24, 2.45) is 5.92 Å². The first-order valence-electron chi connectivity index (χ1n) is 12.9. The zero-order valence-electron chi connectivity index (χ0n) is 19.8. The van der Waals surface area contributed by atoms with Crippen molar-refractivity contribution < 1.29 is 0 Å². The average Bonchev–Trinajstić information content (AvgIpc) is 2.82. The maximum atomic E-state index is 4.54. The largest absolute Gasteiger partial charge is 0.248 e. The Labute approximate surface area is 191 Å². The van der Waals surface area contributed by atoms with Gasteiger partial charge < -0.3 is 0 Å². The fourth-order valence-corrected chi connectivity index (χ4v) is 4.84. The van der Waals surface area contributed by atoms with E-state index in [9.17, 15) is 0 Å². The minimum absolute atomic E-state index is 0.746. The fourth-order valence-electron chi connectivity index (χ4n) is 4.84. The molecule has 0 saturated heterocycles. The summed E-state index contributed by atoms with van der Waals surface area (Å²) in [7, 11) is 0. The van der Waals surface area contributed by atoms with Crippen LogP contribution in [0, 0.1) is 17.8 Å². The van der Waals surface area contributed by atoms with Gasteiger partial charge in [0.25, 0.3) is 0 Å². The van der Waals surface area contributed by atoms with Crippen molar-refractivity contribution in [3.05, 3.63) is 65.0 Å². The molecular weight excluding hydrogens is 374 g/mol. The number of nitrogens with zero attached hydrogens (tertiary/aromatic N) is 1. The number of hydrogen-bond acceptors (Lipinski definition) is 1. The first kappa shape index (κ1) is 23.6. The van der Waals surface area contributed by atoms with Crippen molar-refractivity contribution in [2.75, 3.05) is 0 Å². The molecule has 1 aromatic heterocycles. The summed E-state index contributed by atoms with van der Waals surface area (Å²) in [5, 5.41) is 0. The van der Waals surface area contributed by atoms with E-state index in [-0.39, 0.29) is 0 Å². The van der Waals surface area contributed by atoms with Gasteiger partial charge in [0.2, 0.25) is 0 Å². The monoisotopic (exact) mass is 415 g/mol. The second kappa shape index (κ2) is 13.4. The van der Waals surface area contributed by atoms with E-state index in [1.165, 1.54) is 88.2 Å². The highest BCUT2D eigenvalue weighted by molar-refractivity contribution is 5.41. The topological polar surface area (TPSA) is 12.9 Å². The van der Waals surface area contributed by atoms with E-state index in [0.717, 1.165) is 29.5 Å². The zero-order valence-corrected chi connectivity index (χ0v) is 19.8. The van der Waals surface area contributed by atoms with Crippen LogP contribution in [0.3, 0.4) is 0 Å². The Kier molecular flexibility index (Phi) is 10.2.